The Hall–Kier alpha value is 0.116. The van der Waals surface area contributed by atoms with Crippen LogP contribution in [0, 0.1) is 6.08 Å². The summed E-state index contributed by atoms with van der Waals surface area (Å²) in [6.07, 6.45) is 12.5. The minimum absolute atomic E-state index is 0. The van der Waals surface area contributed by atoms with Gasteiger partial charge in [-0.05, 0) is 0 Å². The SMILES string of the molecule is CCCCC1=[C-]CC=C1.[Os+]. The molecule has 0 aromatic heterocycles. The van der Waals surface area contributed by atoms with Crippen molar-refractivity contribution in [2.75, 3.05) is 0 Å². The molecule has 57 valence electrons. The Morgan fingerprint density at radius 3 is 2.90 bits per heavy atom. The molecule has 0 heterocycles. The van der Waals surface area contributed by atoms with E-state index < -0.39 is 0 Å². The fraction of sp³-hybridized carbons (Fsp3) is 0.556. The van der Waals surface area contributed by atoms with Crippen molar-refractivity contribution in [1.82, 2.24) is 0 Å². The van der Waals surface area contributed by atoms with Gasteiger partial charge >= 0.3 is 19.8 Å². The molecule has 0 fully saturated rings. The van der Waals surface area contributed by atoms with Crippen LogP contribution < -0.4 is 0 Å². The molecule has 0 N–H and O–H groups in total. The minimum Gasteiger partial charge on any atom is -0.269 e. The predicted molar refractivity (Wildman–Crippen MR) is 40.0 cm³/mol. The molecule has 1 aliphatic rings. The molecule has 0 aromatic carbocycles. The Morgan fingerprint density at radius 2 is 2.40 bits per heavy atom. The van der Waals surface area contributed by atoms with E-state index in [4.69, 9.17) is 0 Å². The van der Waals surface area contributed by atoms with E-state index in [1.54, 1.807) is 0 Å². The maximum atomic E-state index is 3.30. The van der Waals surface area contributed by atoms with Gasteiger partial charge < -0.3 is 0 Å². The maximum Gasteiger partial charge on any atom is 1.00 e. The third-order valence-electron chi connectivity index (χ3n) is 1.57. The van der Waals surface area contributed by atoms with Gasteiger partial charge in [-0.1, -0.05) is 26.2 Å². The number of allylic oxidation sites excluding steroid dienone is 4. The van der Waals surface area contributed by atoms with E-state index in [0.29, 0.717) is 0 Å². The second kappa shape index (κ2) is 5.87. The van der Waals surface area contributed by atoms with Gasteiger partial charge in [0, 0.05) is 0 Å². The molecule has 10 heavy (non-hydrogen) atoms. The molecular weight excluding hydrogens is 298 g/mol. The van der Waals surface area contributed by atoms with Crippen LogP contribution in [0.3, 0.4) is 0 Å². The summed E-state index contributed by atoms with van der Waals surface area (Å²) in [5.41, 5.74) is 1.41. The molecule has 0 atom stereocenters. The molecule has 0 unspecified atom stereocenters. The van der Waals surface area contributed by atoms with Crippen LogP contribution in [-0.2, 0) is 19.8 Å². The molecule has 0 nitrogen and oxygen atoms in total. The van der Waals surface area contributed by atoms with Gasteiger partial charge in [0.2, 0.25) is 0 Å². The smallest absolute Gasteiger partial charge is 0.269 e. The van der Waals surface area contributed by atoms with E-state index in [2.05, 4.69) is 25.2 Å². The molecule has 1 heteroatoms. The first kappa shape index (κ1) is 10.1. The van der Waals surface area contributed by atoms with Gasteiger partial charge in [-0.2, -0.15) is 6.08 Å². The molecule has 0 amide bonds. The summed E-state index contributed by atoms with van der Waals surface area (Å²) in [6, 6.07) is 0. The Labute approximate surface area is 76.5 Å². The Balaban J connectivity index is 0.000000810. The fourth-order valence-corrected chi connectivity index (χ4v) is 0.989. The first-order valence-electron chi connectivity index (χ1n) is 3.69. The average Bonchev–Trinajstić information content (AvgIpc) is 2.34. The van der Waals surface area contributed by atoms with Crippen LogP contribution in [0.2, 0.25) is 0 Å². The monoisotopic (exact) mass is 313 g/mol. The van der Waals surface area contributed by atoms with Gasteiger partial charge in [-0.15, -0.1) is 6.42 Å². The predicted octanol–water partition coefficient (Wildman–Crippen LogP) is 2.86. The largest absolute Gasteiger partial charge is 1.00 e. The molecule has 0 aromatic rings. The van der Waals surface area contributed by atoms with Crippen LogP contribution in [0.4, 0.5) is 0 Å². The number of hydrogen-bond donors (Lipinski definition) is 0. The minimum atomic E-state index is 0. The molecule has 1 rings (SSSR count). The van der Waals surface area contributed by atoms with Gasteiger partial charge in [-0.3, -0.25) is 6.08 Å². The quantitative estimate of drug-likeness (QED) is 0.703. The van der Waals surface area contributed by atoms with Crippen LogP contribution in [0.15, 0.2) is 17.7 Å². The number of hydrogen-bond acceptors (Lipinski definition) is 0. The van der Waals surface area contributed by atoms with Crippen LogP contribution in [0.5, 0.6) is 0 Å². The molecule has 0 aliphatic heterocycles. The molecule has 1 aliphatic carbocycles. The van der Waals surface area contributed by atoms with Crippen LogP contribution in [0.25, 0.3) is 0 Å². The van der Waals surface area contributed by atoms with E-state index >= 15 is 0 Å². The van der Waals surface area contributed by atoms with Crippen molar-refractivity contribution in [3.8, 4) is 0 Å². The van der Waals surface area contributed by atoms with E-state index in [-0.39, 0.29) is 19.8 Å². The number of unbranched alkanes of at least 4 members (excludes halogenated alkanes) is 1. The van der Waals surface area contributed by atoms with Crippen LogP contribution in [0.1, 0.15) is 32.6 Å². The molecule has 0 saturated heterocycles. The van der Waals surface area contributed by atoms with E-state index in [1.165, 1.54) is 24.8 Å². The van der Waals surface area contributed by atoms with Crippen molar-refractivity contribution in [1.29, 1.82) is 0 Å². The second-order valence-electron chi connectivity index (χ2n) is 2.41. The van der Waals surface area contributed by atoms with Crippen molar-refractivity contribution < 1.29 is 19.8 Å². The van der Waals surface area contributed by atoms with Crippen LogP contribution >= 0.6 is 0 Å². The summed E-state index contributed by atoms with van der Waals surface area (Å²) in [5, 5.41) is 0. The third-order valence-corrected chi connectivity index (χ3v) is 1.57. The fourth-order valence-electron chi connectivity index (χ4n) is 0.989. The van der Waals surface area contributed by atoms with Crippen molar-refractivity contribution in [3.05, 3.63) is 23.8 Å². The summed E-state index contributed by atoms with van der Waals surface area (Å²) in [6.45, 7) is 2.22. The van der Waals surface area contributed by atoms with Crippen molar-refractivity contribution in [3.63, 3.8) is 0 Å². The van der Waals surface area contributed by atoms with E-state index in [1.807, 2.05) is 0 Å². The molecule has 1 radical (unpaired) electrons. The van der Waals surface area contributed by atoms with Crippen LogP contribution in [-0.4, -0.2) is 0 Å². The average molecular weight is 311 g/mol. The second-order valence-corrected chi connectivity index (χ2v) is 2.41. The van der Waals surface area contributed by atoms with Gasteiger partial charge in [0.25, 0.3) is 0 Å². The molecule has 0 bridgehead atoms. The van der Waals surface area contributed by atoms with Crippen molar-refractivity contribution >= 4 is 0 Å². The van der Waals surface area contributed by atoms with Gasteiger partial charge in [0.1, 0.15) is 0 Å². The van der Waals surface area contributed by atoms with Crippen molar-refractivity contribution in [2.45, 2.75) is 32.6 Å². The Bertz CT molecular complexity index is 134. The van der Waals surface area contributed by atoms with E-state index in [0.717, 1.165) is 6.42 Å². The topological polar surface area (TPSA) is 0 Å². The molecule has 0 spiro atoms. The summed E-state index contributed by atoms with van der Waals surface area (Å²) >= 11 is 0. The van der Waals surface area contributed by atoms with Gasteiger partial charge in [-0.25, -0.2) is 11.6 Å². The standard InChI is InChI=1S/C9H13.Os/c1-2-3-6-9-7-4-5-8-9;/h4,7H,2-3,5-6H2,1H3;/q-1;+1. The summed E-state index contributed by atoms with van der Waals surface area (Å²) in [5.74, 6) is 0. The summed E-state index contributed by atoms with van der Waals surface area (Å²) in [4.78, 5) is 0. The zero-order valence-corrected chi connectivity index (χ0v) is 8.88. The molecule has 0 saturated carbocycles. The van der Waals surface area contributed by atoms with Gasteiger partial charge in [0.15, 0.2) is 0 Å². The molecular formula is C9H13Os. The first-order valence-corrected chi connectivity index (χ1v) is 3.69. The third kappa shape index (κ3) is 3.33. The first-order chi connectivity index (χ1) is 4.43. The van der Waals surface area contributed by atoms with Gasteiger partial charge in [0.05, 0.1) is 0 Å². The summed E-state index contributed by atoms with van der Waals surface area (Å²) < 4.78 is 0. The normalized spacial score (nSPS) is 14.7. The number of rotatable bonds is 3. The van der Waals surface area contributed by atoms with E-state index in [9.17, 15) is 0 Å². The Kier molecular flexibility index (Phi) is 5.94. The maximum absolute atomic E-state index is 3.30. The van der Waals surface area contributed by atoms with Crippen molar-refractivity contribution in [2.24, 2.45) is 0 Å². The Morgan fingerprint density at radius 1 is 1.60 bits per heavy atom. The zero-order valence-electron chi connectivity index (χ0n) is 6.34. The summed E-state index contributed by atoms with van der Waals surface area (Å²) in [7, 11) is 0. The zero-order chi connectivity index (χ0) is 6.53.